The Balaban J connectivity index is 1.79. The van der Waals surface area contributed by atoms with Gasteiger partial charge in [0.05, 0.1) is 0 Å². The summed E-state index contributed by atoms with van der Waals surface area (Å²) in [6, 6.07) is 10.9. The molecule has 5 heteroatoms. The Labute approximate surface area is 116 Å². The number of rotatable bonds is 3. The van der Waals surface area contributed by atoms with E-state index in [1.165, 1.54) is 16.9 Å². The minimum atomic E-state index is 0.0291. The molecule has 0 bridgehead atoms. The van der Waals surface area contributed by atoms with E-state index in [4.69, 9.17) is 0 Å². The van der Waals surface area contributed by atoms with Crippen LogP contribution in [0, 0.1) is 0 Å². The van der Waals surface area contributed by atoms with Gasteiger partial charge in [0.25, 0.3) is 0 Å². The average molecular weight is 275 g/mol. The molecule has 0 radical (unpaired) electrons. The predicted molar refractivity (Wildman–Crippen MR) is 77.4 cm³/mol. The van der Waals surface area contributed by atoms with Crippen LogP contribution in [0.2, 0.25) is 0 Å². The van der Waals surface area contributed by atoms with Crippen LogP contribution < -0.4 is 10.2 Å². The second-order valence-electron chi connectivity index (χ2n) is 4.77. The molecule has 0 spiro atoms. The van der Waals surface area contributed by atoms with Gasteiger partial charge >= 0.3 is 4.87 Å². The third-order valence-electron chi connectivity index (χ3n) is 3.48. The predicted octanol–water partition coefficient (Wildman–Crippen LogP) is 1.58. The second kappa shape index (κ2) is 5.69. The molecule has 4 nitrogen and oxygen atoms in total. The van der Waals surface area contributed by atoms with E-state index < -0.39 is 0 Å². The van der Waals surface area contributed by atoms with E-state index >= 15 is 0 Å². The SMILES string of the molecule is O=c1[nH]c(CN2CCNCC2c2ccccc2)cs1. The molecule has 1 atom stereocenters. The molecular formula is C14H17N3OS. The van der Waals surface area contributed by atoms with E-state index in [2.05, 4.69) is 39.5 Å². The van der Waals surface area contributed by atoms with Crippen LogP contribution in [0.5, 0.6) is 0 Å². The van der Waals surface area contributed by atoms with Crippen LogP contribution in [0.1, 0.15) is 17.3 Å². The molecular weight excluding hydrogens is 258 g/mol. The molecule has 1 aliphatic rings. The number of hydrogen-bond acceptors (Lipinski definition) is 4. The van der Waals surface area contributed by atoms with Gasteiger partial charge in [0, 0.05) is 43.3 Å². The molecule has 2 heterocycles. The van der Waals surface area contributed by atoms with Crippen LogP contribution in [0.15, 0.2) is 40.5 Å². The third-order valence-corrected chi connectivity index (χ3v) is 4.20. The molecule has 1 aliphatic heterocycles. The van der Waals surface area contributed by atoms with Crippen LogP contribution in [0.4, 0.5) is 0 Å². The van der Waals surface area contributed by atoms with Gasteiger partial charge in [-0.05, 0) is 5.56 Å². The quantitative estimate of drug-likeness (QED) is 0.894. The highest BCUT2D eigenvalue weighted by Gasteiger charge is 2.23. The first kappa shape index (κ1) is 12.6. The van der Waals surface area contributed by atoms with Gasteiger partial charge in [-0.15, -0.1) is 0 Å². The smallest absolute Gasteiger partial charge is 0.304 e. The van der Waals surface area contributed by atoms with Crippen molar-refractivity contribution in [1.29, 1.82) is 0 Å². The summed E-state index contributed by atoms with van der Waals surface area (Å²) in [6.07, 6.45) is 0. The Morgan fingerprint density at radius 1 is 1.32 bits per heavy atom. The van der Waals surface area contributed by atoms with Crippen LogP contribution >= 0.6 is 11.3 Å². The molecule has 2 N–H and O–H groups in total. The summed E-state index contributed by atoms with van der Waals surface area (Å²) < 4.78 is 0. The molecule has 0 saturated carbocycles. The lowest BCUT2D eigenvalue weighted by atomic mass is 10.0. The standard InChI is InChI=1S/C14H17N3OS/c18-14-16-12(10-19-14)9-17-7-6-15-8-13(17)11-4-2-1-3-5-11/h1-5,10,13,15H,6-9H2,(H,16,18). The zero-order valence-corrected chi connectivity index (χ0v) is 11.5. The number of aromatic nitrogens is 1. The van der Waals surface area contributed by atoms with Crippen LogP contribution in [-0.4, -0.2) is 29.5 Å². The molecule has 1 unspecified atom stereocenters. The van der Waals surface area contributed by atoms with Crippen LogP contribution in [-0.2, 0) is 6.54 Å². The van der Waals surface area contributed by atoms with Crippen molar-refractivity contribution in [2.45, 2.75) is 12.6 Å². The van der Waals surface area contributed by atoms with Gasteiger partial charge in [0.2, 0.25) is 0 Å². The van der Waals surface area contributed by atoms with Gasteiger partial charge in [-0.2, -0.15) is 0 Å². The van der Waals surface area contributed by atoms with Crippen molar-refractivity contribution in [2.24, 2.45) is 0 Å². The summed E-state index contributed by atoms with van der Waals surface area (Å²) in [5.74, 6) is 0. The number of benzene rings is 1. The van der Waals surface area contributed by atoms with E-state index in [0.717, 1.165) is 31.9 Å². The number of piperazine rings is 1. The number of thiazole rings is 1. The first-order chi connectivity index (χ1) is 9.33. The summed E-state index contributed by atoms with van der Waals surface area (Å²) in [5, 5.41) is 5.37. The fraction of sp³-hybridized carbons (Fsp3) is 0.357. The van der Waals surface area contributed by atoms with Gasteiger partial charge < -0.3 is 10.3 Å². The molecule has 2 aromatic rings. The van der Waals surface area contributed by atoms with Crippen molar-refractivity contribution in [1.82, 2.24) is 15.2 Å². The van der Waals surface area contributed by atoms with Crippen molar-refractivity contribution < 1.29 is 0 Å². The highest BCUT2D eigenvalue weighted by atomic mass is 32.1. The first-order valence-electron chi connectivity index (χ1n) is 6.49. The molecule has 100 valence electrons. The maximum absolute atomic E-state index is 11.2. The van der Waals surface area contributed by atoms with Gasteiger partial charge in [0.1, 0.15) is 0 Å². The summed E-state index contributed by atoms with van der Waals surface area (Å²) >= 11 is 1.24. The van der Waals surface area contributed by atoms with Crippen LogP contribution in [0.3, 0.4) is 0 Å². The Kier molecular flexibility index (Phi) is 3.77. The highest BCUT2D eigenvalue weighted by molar-refractivity contribution is 7.07. The van der Waals surface area contributed by atoms with E-state index in [1.54, 1.807) is 0 Å². The summed E-state index contributed by atoms with van der Waals surface area (Å²) in [6.45, 7) is 3.76. The van der Waals surface area contributed by atoms with Gasteiger partial charge in [-0.1, -0.05) is 41.7 Å². The van der Waals surface area contributed by atoms with E-state index in [9.17, 15) is 4.79 Å². The average Bonchev–Trinajstić information content (AvgIpc) is 2.86. The third kappa shape index (κ3) is 2.94. The minimum Gasteiger partial charge on any atom is -0.315 e. The Morgan fingerprint density at radius 2 is 2.16 bits per heavy atom. The lowest BCUT2D eigenvalue weighted by Gasteiger charge is -2.36. The van der Waals surface area contributed by atoms with Gasteiger partial charge in [0.15, 0.2) is 0 Å². The Morgan fingerprint density at radius 3 is 2.89 bits per heavy atom. The molecule has 0 aliphatic carbocycles. The van der Waals surface area contributed by atoms with Crippen molar-refractivity contribution in [3.8, 4) is 0 Å². The summed E-state index contributed by atoms with van der Waals surface area (Å²) in [7, 11) is 0. The van der Waals surface area contributed by atoms with Gasteiger partial charge in [-0.3, -0.25) is 9.69 Å². The first-order valence-corrected chi connectivity index (χ1v) is 7.37. The summed E-state index contributed by atoms with van der Waals surface area (Å²) in [4.78, 5) is 16.6. The maximum atomic E-state index is 11.2. The zero-order chi connectivity index (χ0) is 13.1. The lowest BCUT2D eigenvalue weighted by Crippen LogP contribution is -2.45. The molecule has 1 aromatic heterocycles. The molecule has 0 amide bonds. The minimum absolute atomic E-state index is 0.0291. The number of nitrogens with zero attached hydrogens (tertiary/aromatic N) is 1. The topological polar surface area (TPSA) is 48.1 Å². The van der Waals surface area contributed by atoms with Crippen molar-refractivity contribution in [3.05, 3.63) is 56.6 Å². The number of nitrogens with one attached hydrogen (secondary N) is 2. The van der Waals surface area contributed by atoms with Crippen molar-refractivity contribution in [3.63, 3.8) is 0 Å². The molecule has 1 fully saturated rings. The summed E-state index contributed by atoms with van der Waals surface area (Å²) in [5.41, 5.74) is 2.34. The molecule has 3 rings (SSSR count). The number of aromatic amines is 1. The van der Waals surface area contributed by atoms with E-state index in [1.807, 2.05) is 11.4 Å². The fourth-order valence-electron chi connectivity index (χ4n) is 2.55. The maximum Gasteiger partial charge on any atom is 0.304 e. The fourth-order valence-corrected chi connectivity index (χ4v) is 3.12. The zero-order valence-electron chi connectivity index (χ0n) is 10.6. The monoisotopic (exact) mass is 275 g/mol. The lowest BCUT2D eigenvalue weighted by molar-refractivity contribution is 0.152. The van der Waals surface area contributed by atoms with Crippen molar-refractivity contribution in [2.75, 3.05) is 19.6 Å². The number of H-pyrrole nitrogens is 1. The normalized spacial score (nSPS) is 20.5. The van der Waals surface area contributed by atoms with Gasteiger partial charge in [-0.25, -0.2) is 0 Å². The Hall–Kier alpha value is -1.43. The second-order valence-corrected chi connectivity index (χ2v) is 5.62. The van der Waals surface area contributed by atoms with Crippen LogP contribution in [0.25, 0.3) is 0 Å². The Bertz CT molecular complexity index is 578. The number of hydrogen-bond donors (Lipinski definition) is 2. The van der Waals surface area contributed by atoms with Crippen molar-refractivity contribution >= 4 is 11.3 Å². The molecule has 1 saturated heterocycles. The molecule has 1 aromatic carbocycles. The highest BCUT2D eigenvalue weighted by Crippen LogP contribution is 2.23. The van der Waals surface area contributed by atoms with E-state index in [0.29, 0.717) is 6.04 Å². The molecule has 19 heavy (non-hydrogen) atoms. The largest absolute Gasteiger partial charge is 0.315 e. The van der Waals surface area contributed by atoms with E-state index in [-0.39, 0.29) is 4.87 Å².